The molecular weight excluding hydrogens is 512 g/mol. The molecule has 1 saturated heterocycles. The highest BCUT2D eigenvalue weighted by atomic mass is 16.6. The monoisotopic (exact) mass is 558 g/mol. The number of rotatable bonds is 23. The average molecular weight is 559 g/mol. The third-order valence-corrected chi connectivity index (χ3v) is 6.43. The maximum atomic E-state index is 6.49. The Morgan fingerprint density at radius 2 is 1.45 bits per heavy atom. The number of hydrogen-bond donors (Lipinski definition) is 0. The van der Waals surface area contributed by atoms with Gasteiger partial charge < -0.3 is 37.9 Å². The molecule has 0 bridgehead atoms. The Morgan fingerprint density at radius 1 is 0.850 bits per heavy atom. The third-order valence-electron chi connectivity index (χ3n) is 6.43. The maximum absolute atomic E-state index is 6.49. The van der Waals surface area contributed by atoms with Gasteiger partial charge in [0.2, 0.25) is 0 Å². The van der Waals surface area contributed by atoms with Crippen LogP contribution in [0.3, 0.4) is 0 Å². The number of benzene rings is 2. The molecule has 3 unspecified atom stereocenters. The van der Waals surface area contributed by atoms with Crippen LogP contribution in [0.15, 0.2) is 49.6 Å². The summed E-state index contributed by atoms with van der Waals surface area (Å²) in [5.74, 6) is 1.61. The first-order valence-electron chi connectivity index (χ1n) is 14.2. The van der Waals surface area contributed by atoms with Crippen LogP contribution in [0.4, 0.5) is 0 Å². The molecule has 1 aliphatic rings. The lowest BCUT2D eigenvalue weighted by Crippen LogP contribution is -2.27. The molecule has 0 amide bonds. The van der Waals surface area contributed by atoms with Crippen LogP contribution in [-0.4, -0.2) is 91.5 Å². The Labute approximate surface area is 239 Å². The second-order valence-electron chi connectivity index (χ2n) is 9.53. The largest absolute Gasteiger partial charge is 0.490 e. The second-order valence-corrected chi connectivity index (χ2v) is 9.53. The number of fused-ring (bicyclic) bond motifs is 1. The quantitative estimate of drug-likeness (QED) is 0.140. The molecular formula is C32H46O8. The van der Waals surface area contributed by atoms with Crippen molar-refractivity contribution in [1.29, 1.82) is 0 Å². The summed E-state index contributed by atoms with van der Waals surface area (Å²) in [6.45, 7) is 16.7. The second kappa shape index (κ2) is 18.1. The zero-order chi connectivity index (χ0) is 28.6. The molecule has 1 heterocycles. The van der Waals surface area contributed by atoms with Gasteiger partial charge in [0.15, 0.2) is 0 Å². The van der Waals surface area contributed by atoms with Crippen molar-refractivity contribution in [3.05, 3.63) is 60.7 Å². The lowest BCUT2D eigenvalue weighted by atomic mass is 9.97. The summed E-state index contributed by atoms with van der Waals surface area (Å²) >= 11 is 0. The van der Waals surface area contributed by atoms with Gasteiger partial charge >= 0.3 is 0 Å². The van der Waals surface area contributed by atoms with Crippen LogP contribution in [0.5, 0.6) is 11.5 Å². The molecule has 0 saturated carbocycles. The first-order valence-corrected chi connectivity index (χ1v) is 14.2. The summed E-state index contributed by atoms with van der Waals surface area (Å²) in [4.78, 5) is 0. The standard InChI is InChI=1S/C32H46O8/c1-6-15-36-26(19-34-8-3)18-25-11-13-29-30(32(25)40-23-28-21-38-28)12-10-24(14-17-33-5)31(29)39-22-27(20-35-9-4)37-16-7-2/h6-7,10-13,26-28H,1-2,8-9,14-23H2,3-5H3. The van der Waals surface area contributed by atoms with Crippen LogP contribution in [0.1, 0.15) is 25.0 Å². The van der Waals surface area contributed by atoms with Crippen LogP contribution in [0, 0.1) is 0 Å². The molecule has 40 heavy (non-hydrogen) atoms. The Morgan fingerprint density at radius 3 is 2.05 bits per heavy atom. The fourth-order valence-electron chi connectivity index (χ4n) is 4.33. The molecule has 0 aromatic heterocycles. The Bertz CT molecular complexity index is 1040. The number of epoxide rings is 1. The molecule has 8 heteroatoms. The van der Waals surface area contributed by atoms with Gasteiger partial charge in [0, 0.05) is 37.5 Å². The highest BCUT2D eigenvalue weighted by Gasteiger charge is 2.25. The highest BCUT2D eigenvalue weighted by molar-refractivity contribution is 5.95. The van der Waals surface area contributed by atoms with E-state index in [-0.39, 0.29) is 18.3 Å². The van der Waals surface area contributed by atoms with E-state index in [1.165, 1.54) is 0 Å². The van der Waals surface area contributed by atoms with Crippen LogP contribution in [-0.2, 0) is 41.3 Å². The Kier molecular flexibility index (Phi) is 14.5. The highest BCUT2D eigenvalue weighted by Crippen LogP contribution is 2.39. The Balaban J connectivity index is 1.98. The van der Waals surface area contributed by atoms with Crippen molar-refractivity contribution in [1.82, 2.24) is 0 Å². The minimum Gasteiger partial charge on any atom is -0.490 e. The molecule has 3 rings (SSSR count). The van der Waals surface area contributed by atoms with E-state index < -0.39 is 0 Å². The Hall–Kier alpha value is -2.46. The van der Waals surface area contributed by atoms with Crippen LogP contribution in [0.25, 0.3) is 10.8 Å². The SMILES string of the molecule is C=CCOC(COCC)COc1c(CCOC)ccc2c(OCC3CO3)c(CC(COCC)OCC=C)ccc12. The molecule has 2 aromatic carbocycles. The molecule has 222 valence electrons. The predicted octanol–water partition coefficient (Wildman–Crippen LogP) is 4.94. The van der Waals surface area contributed by atoms with Gasteiger partial charge in [0.25, 0.3) is 0 Å². The molecule has 0 N–H and O–H groups in total. The normalized spacial score (nSPS) is 16.0. The summed E-state index contributed by atoms with van der Waals surface area (Å²) in [5.41, 5.74) is 2.10. The summed E-state index contributed by atoms with van der Waals surface area (Å²) in [7, 11) is 1.70. The van der Waals surface area contributed by atoms with Gasteiger partial charge in [0.05, 0.1) is 45.7 Å². The van der Waals surface area contributed by atoms with Gasteiger partial charge in [-0.1, -0.05) is 36.4 Å². The van der Waals surface area contributed by atoms with Gasteiger partial charge in [-0.25, -0.2) is 0 Å². The average Bonchev–Trinajstić information content (AvgIpc) is 3.81. The van der Waals surface area contributed by atoms with Crippen molar-refractivity contribution in [3.63, 3.8) is 0 Å². The van der Waals surface area contributed by atoms with Crippen molar-refractivity contribution >= 4 is 10.8 Å². The van der Waals surface area contributed by atoms with E-state index in [9.17, 15) is 0 Å². The van der Waals surface area contributed by atoms with Crippen LogP contribution in [0.2, 0.25) is 0 Å². The summed E-state index contributed by atoms with van der Waals surface area (Å²) in [6.07, 6.45) is 4.59. The molecule has 0 spiro atoms. The first-order chi connectivity index (χ1) is 19.6. The van der Waals surface area contributed by atoms with Gasteiger partial charge in [0.1, 0.15) is 36.9 Å². The maximum Gasteiger partial charge on any atom is 0.130 e. The predicted molar refractivity (Wildman–Crippen MR) is 157 cm³/mol. The molecule has 1 fully saturated rings. The van der Waals surface area contributed by atoms with E-state index in [1.54, 1.807) is 19.3 Å². The van der Waals surface area contributed by atoms with E-state index >= 15 is 0 Å². The van der Waals surface area contributed by atoms with Gasteiger partial charge in [-0.15, -0.1) is 13.2 Å². The zero-order valence-electron chi connectivity index (χ0n) is 24.4. The third kappa shape index (κ3) is 10.2. The molecule has 0 aliphatic carbocycles. The van der Waals surface area contributed by atoms with E-state index in [1.807, 2.05) is 13.8 Å². The van der Waals surface area contributed by atoms with Gasteiger partial charge in [-0.3, -0.25) is 0 Å². The molecule has 2 aromatic rings. The van der Waals surface area contributed by atoms with Crippen molar-refractivity contribution in [2.45, 2.75) is 45.0 Å². The molecule has 8 nitrogen and oxygen atoms in total. The summed E-state index contributed by atoms with van der Waals surface area (Å²) in [6, 6.07) is 8.40. The number of methoxy groups -OCH3 is 1. The fraction of sp³-hybridized carbons (Fsp3) is 0.562. The molecule has 3 atom stereocenters. The van der Waals surface area contributed by atoms with Crippen molar-refractivity contribution in [2.75, 3.05) is 73.2 Å². The first kappa shape index (κ1) is 32.1. The minimum absolute atomic E-state index is 0.123. The smallest absolute Gasteiger partial charge is 0.130 e. The van der Waals surface area contributed by atoms with E-state index in [4.69, 9.17) is 37.9 Å². The van der Waals surface area contributed by atoms with Crippen LogP contribution < -0.4 is 9.47 Å². The molecule has 0 radical (unpaired) electrons. The zero-order valence-corrected chi connectivity index (χ0v) is 24.4. The minimum atomic E-state index is -0.230. The van der Waals surface area contributed by atoms with Crippen LogP contribution >= 0.6 is 0 Å². The molecule has 1 aliphatic heterocycles. The number of hydrogen-bond acceptors (Lipinski definition) is 8. The summed E-state index contributed by atoms with van der Waals surface area (Å²) < 4.78 is 47.0. The van der Waals surface area contributed by atoms with Crippen molar-refractivity contribution in [2.24, 2.45) is 0 Å². The van der Waals surface area contributed by atoms with E-state index in [0.29, 0.717) is 72.3 Å². The van der Waals surface area contributed by atoms with Crippen molar-refractivity contribution < 1.29 is 37.9 Å². The lowest BCUT2D eigenvalue weighted by Gasteiger charge is -2.23. The van der Waals surface area contributed by atoms with Gasteiger partial charge in [-0.05, 0) is 31.4 Å². The van der Waals surface area contributed by atoms with E-state index in [0.717, 1.165) is 40.0 Å². The fourth-order valence-corrected chi connectivity index (χ4v) is 4.33. The van der Waals surface area contributed by atoms with E-state index in [2.05, 4.69) is 37.4 Å². The lowest BCUT2D eigenvalue weighted by molar-refractivity contribution is -0.0245. The topological polar surface area (TPSA) is 77.1 Å². The van der Waals surface area contributed by atoms with Crippen molar-refractivity contribution in [3.8, 4) is 11.5 Å². The van der Waals surface area contributed by atoms with Gasteiger partial charge in [-0.2, -0.15) is 0 Å². The summed E-state index contributed by atoms with van der Waals surface area (Å²) in [5, 5.41) is 1.94. The number of ether oxygens (including phenoxy) is 8.